The number of aromatic nitrogens is 2. The molecule has 24 heavy (non-hydrogen) atoms. The van der Waals surface area contributed by atoms with Crippen molar-refractivity contribution in [2.45, 2.75) is 12.8 Å². The van der Waals surface area contributed by atoms with Crippen LogP contribution in [0.4, 0.5) is 11.5 Å². The summed E-state index contributed by atoms with van der Waals surface area (Å²) < 4.78 is 0. The van der Waals surface area contributed by atoms with Gasteiger partial charge in [-0.15, -0.1) is 0 Å². The number of fused-ring (bicyclic) bond motifs is 1. The van der Waals surface area contributed by atoms with E-state index >= 15 is 0 Å². The molecule has 4 rings (SSSR count). The molecule has 6 heteroatoms. The molecule has 0 aliphatic heterocycles. The molecule has 2 heterocycles. The fourth-order valence-corrected chi connectivity index (χ4v) is 2.84. The molecule has 1 aliphatic rings. The molecule has 2 N–H and O–H groups in total. The summed E-state index contributed by atoms with van der Waals surface area (Å²) in [5.41, 5.74) is 3.89. The van der Waals surface area contributed by atoms with E-state index in [1.165, 1.54) is 0 Å². The first kappa shape index (κ1) is 14.8. The van der Waals surface area contributed by atoms with Crippen LogP contribution in [0.3, 0.4) is 0 Å². The topological polar surface area (TPSA) is 66.9 Å². The monoisotopic (exact) mass is 316 g/mol. The quantitative estimate of drug-likeness (QED) is 0.776. The Balaban J connectivity index is 1.81. The van der Waals surface area contributed by atoms with E-state index in [1.807, 2.05) is 44.3 Å². The summed E-state index contributed by atoms with van der Waals surface area (Å²) in [4.78, 5) is 20.8. The number of pyridine rings is 1. The van der Waals surface area contributed by atoms with E-state index in [-0.39, 0.29) is 11.8 Å². The zero-order valence-corrected chi connectivity index (χ0v) is 13.4. The summed E-state index contributed by atoms with van der Waals surface area (Å²) in [6.07, 6.45) is 5.56. The van der Waals surface area contributed by atoms with Gasteiger partial charge in [0, 0.05) is 0 Å². The first-order chi connectivity index (χ1) is 11.8. The normalized spacial score (nSPS) is 13.5. The fourth-order valence-electron chi connectivity index (χ4n) is 2.84. The molecule has 0 unspecified atom stereocenters. The minimum atomic E-state index is 0.0660. The Kier molecular flexibility index (Phi) is 3.73. The average Bonchev–Trinajstić information content (AvgIpc) is 3.46. The van der Waals surface area contributed by atoms with Crippen LogP contribution >= 0.6 is 0 Å². The van der Waals surface area contributed by atoms with Crippen LogP contribution < -0.4 is 10.6 Å². The number of hydrogen-bond donors (Lipinski definition) is 2. The van der Waals surface area contributed by atoms with Gasteiger partial charge >= 0.3 is 140 Å². The fraction of sp³-hybridized carbons (Fsp3) is 0.222. The van der Waals surface area contributed by atoms with Gasteiger partial charge in [-0.2, -0.15) is 0 Å². The van der Waals surface area contributed by atoms with Crippen molar-refractivity contribution >= 4 is 35.1 Å². The zero-order chi connectivity index (χ0) is 16.5. The van der Waals surface area contributed by atoms with Gasteiger partial charge in [0.2, 0.25) is 0 Å². The predicted molar refractivity (Wildman–Crippen MR) is 97.2 cm³/mol. The van der Waals surface area contributed by atoms with Crippen LogP contribution in [0.2, 0.25) is 0 Å². The summed E-state index contributed by atoms with van der Waals surface area (Å²) in [6, 6.07) is 8.02. The molecule has 5 nitrogen and oxygen atoms in total. The van der Waals surface area contributed by atoms with Crippen molar-refractivity contribution < 1.29 is 4.79 Å². The Morgan fingerprint density at radius 3 is 2.88 bits per heavy atom. The predicted octanol–water partition coefficient (Wildman–Crippen LogP) is 3.03. The number of amides is 1. The van der Waals surface area contributed by atoms with Crippen LogP contribution in [0.5, 0.6) is 0 Å². The molecule has 0 saturated heterocycles. The Bertz CT molecular complexity index is 910. The zero-order valence-electron chi connectivity index (χ0n) is 13.4. The van der Waals surface area contributed by atoms with Gasteiger partial charge in [-0.1, -0.05) is 0 Å². The van der Waals surface area contributed by atoms with Gasteiger partial charge in [0.15, 0.2) is 0 Å². The number of hydrogen-bond acceptors (Lipinski definition) is 4. The Morgan fingerprint density at radius 2 is 2.17 bits per heavy atom. The van der Waals surface area contributed by atoms with Gasteiger partial charge in [0.1, 0.15) is 0 Å². The summed E-state index contributed by atoms with van der Waals surface area (Å²) in [6.45, 7) is 2.01. The third-order valence-corrected chi connectivity index (χ3v) is 4.30. The molecule has 0 bridgehead atoms. The number of nitrogens with one attached hydrogen (secondary N) is 2. The van der Waals surface area contributed by atoms with E-state index in [2.05, 4.69) is 26.7 Å². The summed E-state index contributed by atoms with van der Waals surface area (Å²) >= 11 is 0. The van der Waals surface area contributed by atoms with E-state index in [0.717, 1.165) is 40.5 Å². The average molecular weight is 316 g/mol. The van der Waals surface area contributed by atoms with E-state index in [0.29, 0.717) is 5.82 Å². The maximum atomic E-state index is 12.0. The molecular weight excluding hydrogens is 299 g/mol. The molecule has 1 aliphatic carbocycles. The summed E-state index contributed by atoms with van der Waals surface area (Å²) in [7, 11) is 1.87. The van der Waals surface area contributed by atoms with E-state index < -0.39 is 0 Å². The molecule has 1 saturated carbocycles. The van der Waals surface area contributed by atoms with Crippen molar-refractivity contribution in [3.05, 3.63) is 42.6 Å². The number of anilines is 2. The second kappa shape index (κ2) is 6.04. The van der Waals surface area contributed by atoms with Crippen molar-refractivity contribution in [3.8, 4) is 11.1 Å². The van der Waals surface area contributed by atoms with Crippen molar-refractivity contribution in [1.29, 1.82) is 0 Å². The van der Waals surface area contributed by atoms with Crippen LogP contribution in [0.15, 0.2) is 42.6 Å². The molecule has 1 amide bonds. The standard InChI is InChI=1S/C18H17BN4O/c1-20-14-7-6-13(12-3-2-8-21-10-12)16-17(14)22-15(9-19-16)23-18(24)11-4-5-11/h2-3,6-11,20H,4-5H2,1H3,(H,22,23,24). The Morgan fingerprint density at radius 1 is 1.29 bits per heavy atom. The van der Waals surface area contributed by atoms with Gasteiger partial charge in [-0.25, -0.2) is 0 Å². The second-order valence-electron chi connectivity index (χ2n) is 6.01. The first-order valence-corrected chi connectivity index (χ1v) is 8.09. The van der Waals surface area contributed by atoms with E-state index in [9.17, 15) is 4.79 Å². The van der Waals surface area contributed by atoms with Crippen LogP contribution in [0.25, 0.3) is 21.9 Å². The molecule has 0 atom stereocenters. The molecule has 0 spiro atoms. The van der Waals surface area contributed by atoms with Gasteiger partial charge < -0.3 is 0 Å². The Labute approximate surface area is 140 Å². The number of benzene rings is 1. The molecule has 1 fully saturated rings. The first-order valence-electron chi connectivity index (χ1n) is 8.09. The number of carbonyl (C=O) groups is 1. The molecule has 3 aromatic rings. The minimum absolute atomic E-state index is 0.0660. The summed E-state index contributed by atoms with van der Waals surface area (Å²) in [5, 5.41) is 7.12. The molecule has 0 radical (unpaired) electrons. The van der Waals surface area contributed by atoms with Crippen molar-refractivity contribution in [1.82, 2.24) is 9.97 Å². The third kappa shape index (κ3) is 2.75. The number of rotatable bonds is 4. The van der Waals surface area contributed by atoms with Crippen molar-refractivity contribution in [3.63, 3.8) is 0 Å². The van der Waals surface area contributed by atoms with Gasteiger partial charge in [-0.3, -0.25) is 0 Å². The van der Waals surface area contributed by atoms with Crippen molar-refractivity contribution in [2.24, 2.45) is 5.92 Å². The molecule has 118 valence electrons. The van der Waals surface area contributed by atoms with Crippen LogP contribution in [-0.2, 0) is 4.79 Å². The molecule has 1 aromatic carbocycles. The van der Waals surface area contributed by atoms with E-state index in [4.69, 9.17) is 0 Å². The molecule has 2 aromatic heterocycles. The SMILES string of the molecule is CNc1ccc(-c2cccnc2)c2bcc(NC(=O)C3CC3)nc12. The Hall–Kier alpha value is -2.76. The number of nitrogens with zero attached hydrogens (tertiary/aromatic N) is 2. The van der Waals surface area contributed by atoms with Gasteiger partial charge in [0.05, 0.1) is 0 Å². The maximum absolute atomic E-state index is 12.0. The van der Waals surface area contributed by atoms with Crippen LogP contribution in [0.1, 0.15) is 12.8 Å². The third-order valence-electron chi connectivity index (χ3n) is 4.30. The van der Waals surface area contributed by atoms with Crippen LogP contribution in [0, 0.1) is 5.92 Å². The number of carbonyl (C=O) groups excluding carboxylic acids is 1. The van der Waals surface area contributed by atoms with E-state index in [1.54, 1.807) is 6.20 Å². The van der Waals surface area contributed by atoms with Gasteiger partial charge in [0.25, 0.3) is 0 Å². The second-order valence-corrected chi connectivity index (χ2v) is 6.01. The van der Waals surface area contributed by atoms with Crippen molar-refractivity contribution in [2.75, 3.05) is 17.7 Å². The summed E-state index contributed by atoms with van der Waals surface area (Å²) in [5.74, 6) is 2.69. The van der Waals surface area contributed by atoms with Crippen LogP contribution in [-0.4, -0.2) is 29.8 Å². The van der Waals surface area contributed by atoms with Gasteiger partial charge in [-0.05, 0) is 0 Å². The molecular formula is C18H17BN4O.